The maximum Gasteiger partial charge on any atom is 0.145 e. The van der Waals surface area contributed by atoms with Crippen molar-refractivity contribution in [2.45, 2.75) is 41.0 Å². The van der Waals surface area contributed by atoms with Crippen LogP contribution >= 0.6 is 0 Å². The molecule has 0 fully saturated rings. The molecule has 90 valence electrons. The zero-order valence-electron chi connectivity index (χ0n) is 11.3. The van der Waals surface area contributed by atoms with Gasteiger partial charge in [-0.3, -0.25) is 0 Å². The van der Waals surface area contributed by atoms with Gasteiger partial charge in [0.15, 0.2) is 0 Å². The van der Waals surface area contributed by atoms with Gasteiger partial charge >= 0.3 is 0 Å². The molecule has 0 heterocycles. The van der Waals surface area contributed by atoms with E-state index in [1.165, 1.54) is 0 Å². The summed E-state index contributed by atoms with van der Waals surface area (Å²) in [5.41, 5.74) is 0.250. The van der Waals surface area contributed by atoms with E-state index in [1.807, 2.05) is 0 Å². The summed E-state index contributed by atoms with van der Waals surface area (Å²) in [6.07, 6.45) is 3.33. The Morgan fingerprint density at radius 2 is 1.67 bits per heavy atom. The standard InChI is InChI=1S/C13H28OSi/c1-7-13(10(2)3,11(4)5)12(6)8-9-14-15/h7,10-12H,1,8-9H2,2-6,15H3. The second-order valence-corrected chi connectivity index (χ2v) is 5.77. The zero-order chi connectivity index (χ0) is 12.1. The average molecular weight is 228 g/mol. The molecule has 2 heteroatoms. The zero-order valence-corrected chi connectivity index (χ0v) is 13.3. The Kier molecular flexibility index (Phi) is 6.45. The summed E-state index contributed by atoms with van der Waals surface area (Å²) in [5.74, 6) is 1.92. The minimum absolute atomic E-state index is 0.250. The van der Waals surface area contributed by atoms with Gasteiger partial charge in [-0.2, -0.15) is 0 Å². The first kappa shape index (κ1) is 14.9. The lowest BCUT2D eigenvalue weighted by molar-refractivity contribution is 0.0837. The van der Waals surface area contributed by atoms with Crippen molar-refractivity contribution in [2.24, 2.45) is 23.2 Å². The van der Waals surface area contributed by atoms with Crippen LogP contribution in [0.2, 0.25) is 0 Å². The van der Waals surface area contributed by atoms with Crippen LogP contribution in [0.25, 0.3) is 0 Å². The van der Waals surface area contributed by atoms with Crippen molar-refractivity contribution >= 4 is 10.5 Å². The molecular formula is C13H28OSi. The van der Waals surface area contributed by atoms with Crippen LogP contribution in [0.4, 0.5) is 0 Å². The van der Waals surface area contributed by atoms with E-state index in [1.54, 1.807) is 0 Å². The quantitative estimate of drug-likeness (QED) is 0.481. The molecule has 0 aliphatic heterocycles. The molecule has 0 radical (unpaired) electrons. The van der Waals surface area contributed by atoms with E-state index < -0.39 is 0 Å². The second kappa shape index (κ2) is 6.49. The smallest absolute Gasteiger partial charge is 0.145 e. The highest BCUT2D eigenvalue weighted by Crippen LogP contribution is 2.45. The summed E-state index contributed by atoms with van der Waals surface area (Å²) in [5, 5.41) is 0. The second-order valence-electron chi connectivity index (χ2n) is 5.20. The summed E-state index contributed by atoms with van der Waals surface area (Å²) >= 11 is 0. The molecule has 0 saturated carbocycles. The van der Waals surface area contributed by atoms with Crippen LogP contribution in [0, 0.1) is 23.2 Å². The predicted octanol–water partition coefficient (Wildman–Crippen LogP) is 2.79. The molecule has 0 aliphatic carbocycles. The lowest BCUT2D eigenvalue weighted by Crippen LogP contribution is -2.38. The minimum Gasteiger partial charge on any atom is -0.428 e. The molecule has 0 saturated heterocycles. The Hall–Kier alpha value is -0.0831. The molecule has 0 aromatic carbocycles. The maximum absolute atomic E-state index is 5.32. The molecule has 0 aromatic rings. The fourth-order valence-electron chi connectivity index (χ4n) is 3.02. The van der Waals surface area contributed by atoms with E-state index in [-0.39, 0.29) is 5.41 Å². The van der Waals surface area contributed by atoms with Crippen molar-refractivity contribution < 1.29 is 4.43 Å². The molecular weight excluding hydrogens is 200 g/mol. The van der Waals surface area contributed by atoms with Gasteiger partial charge < -0.3 is 4.43 Å². The van der Waals surface area contributed by atoms with Crippen LogP contribution in [0.1, 0.15) is 41.0 Å². The van der Waals surface area contributed by atoms with E-state index in [9.17, 15) is 0 Å². The Bertz CT molecular complexity index is 179. The third-order valence-electron chi connectivity index (χ3n) is 3.96. The van der Waals surface area contributed by atoms with E-state index >= 15 is 0 Å². The first-order valence-corrected chi connectivity index (χ1v) is 6.87. The highest BCUT2D eigenvalue weighted by molar-refractivity contribution is 5.97. The van der Waals surface area contributed by atoms with Crippen molar-refractivity contribution in [2.75, 3.05) is 6.61 Å². The van der Waals surface area contributed by atoms with Crippen LogP contribution in [0.5, 0.6) is 0 Å². The Labute approximate surface area is 98.8 Å². The van der Waals surface area contributed by atoms with Crippen LogP contribution in [0.15, 0.2) is 12.7 Å². The Morgan fingerprint density at radius 3 is 1.93 bits per heavy atom. The third-order valence-corrected chi connectivity index (χ3v) is 4.37. The van der Waals surface area contributed by atoms with Gasteiger partial charge in [-0.25, -0.2) is 0 Å². The van der Waals surface area contributed by atoms with Crippen molar-refractivity contribution in [3.05, 3.63) is 12.7 Å². The van der Waals surface area contributed by atoms with Gasteiger partial charge in [0.25, 0.3) is 0 Å². The number of hydrogen-bond acceptors (Lipinski definition) is 1. The highest BCUT2D eigenvalue weighted by atomic mass is 28.2. The third kappa shape index (κ3) is 3.18. The van der Waals surface area contributed by atoms with Crippen molar-refractivity contribution in [3.63, 3.8) is 0 Å². The van der Waals surface area contributed by atoms with Gasteiger partial charge in [0, 0.05) is 6.61 Å². The lowest BCUT2D eigenvalue weighted by atomic mass is 9.61. The molecule has 0 spiro atoms. The summed E-state index contributed by atoms with van der Waals surface area (Å²) in [6, 6.07) is 0. The monoisotopic (exact) mass is 228 g/mol. The van der Waals surface area contributed by atoms with E-state index in [0.717, 1.165) is 23.5 Å². The van der Waals surface area contributed by atoms with Crippen LogP contribution in [-0.2, 0) is 4.43 Å². The fraction of sp³-hybridized carbons (Fsp3) is 0.846. The van der Waals surface area contributed by atoms with Crippen molar-refractivity contribution in [1.29, 1.82) is 0 Å². The van der Waals surface area contributed by atoms with E-state index in [4.69, 9.17) is 4.43 Å². The summed E-state index contributed by atoms with van der Waals surface area (Å²) in [7, 11) is 0.849. The fourth-order valence-corrected chi connectivity index (χ4v) is 3.26. The van der Waals surface area contributed by atoms with Gasteiger partial charge in [-0.15, -0.1) is 6.58 Å². The van der Waals surface area contributed by atoms with Gasteiger partial charge in [0.05, 0.1) is 0 Å². The molecule has 0 amide bonds. The molecule has 0 bridgehead atoms. The normalized spacial score (nSPS) is 14.9. The largest absolute Gasteiger partial charge is 0.428 e. The molecule has 1 nitrogen and oxygen atoms in total. The minimum atomic E-state index is 0.250. The first-order valence-electron chi connectivity index (χ1n) is 6.05. The number of hydrogen-bond donors (Lipinski definition) is 0. The maximum atomic E-state index is 5.32. The topological polar surface area (TPSA) is 9.23 Å². The molecule has 0 N–H and O–H groups in total. The number of rotatable bonds is 7. The van der Waals surface area contributed by atoms with Gasteiger partial charge in [0.1, 0.15) is 10.5 Å². The van der Waals surface area contributed by atoms with Crippen molar-refractivity contribution in [3.8, 4) is 0 Å². The number of allylic oxidation sites excluding steroid dienone is 1. The Morgan fingerprint density at radius 1 is 1.20 bits per heavy atom. The summed E-state index contributed by atoms with van der Waals surface area (Å²) < 4.78 is 5.32. The van der Waals surface area contributed by atoms with E-state index in [0.29, 0.717) is 17.8 Å². The average Bonchev–Trinajstić information content (AvgIpc) is 2.15. The summed E-state index contributed by atoms with van der Waals surface area (Å²) in [6.45, 7) is 16.5. The summed E-state index contributed by atoms with van der Waals surface area (Å²) in [4.78, 5) is 0. The molecule has 1 unspecified atom stereocenters. The molecule has 1 atom stereocenters. The van der Waals surface area contributed by atoms with Crippen LogP contribution in [-0.4, -0.2) is 17.1 Å². The predicted molar refractivity (Wildman–Crippen MR) is 72.0 cm³/mol. The lowest BCUT2D eigenvalue weighted by Gasteiger charge is -2.44. The van der Waals surface area contributed by atoms with Crippen LogP contribution in [0.3, 0.4) is 0 Å². The van der Waals surface area contributed by atoms with E-state index in [2.05, 4.69) is 47.3 Å². The molecule has 15 heavy (non-hydrogen) atoms. The molecule has 0 aromatic heterocycles. The van der Waals surface area contributed by atoms with Crippen molar-refractivity contribution in [1.82, 2.24) is 0 Å². The molecule has 0 rings (SSSR count). The van der Waals surface area contributed by atoms with Gasteiger partial charge in [-0.05, 0) is 29.6 Å². The SMILES string of the molecule is C=CC(C(C)C)(C(C)C)C(C)CCO[SiH3]. The van der Waals surface area contributed by atoms with Crippen LogP contribution < -0.4 is 0 Å². The molecule has 0 aliphatic rings. The highest BCUT2D eigenvalue weighted by Gasteiger charge is 2.38. The Balaban J connectivity index is 4.81. The van der Waals surface area contributed by atoms with Gasteiger partial charge in [0.2, 0.25) is 0 Å². The first-order chi connectivity index (χ1) is 6.93. The van der Waals surface area contributed by atoms with Gasteiger partial charge in [-0.1, -0.05) is 40.7 Å².